The molecule has 1 nitrogen and oxygen atoms in total. The van der Waals surface area contributed by atoms with Crippen LogP contribution >= 0.6 is 27.7 Å². The van der Waals surface area contributed by atoms with E-state index >= 15 is 0 Å². The lowest BCUT2D eigenvalue weighted by atomic mass is 10.1. The molecule has 3 heteroatoms. The van der Waals surface area contributed by atoms with Crippen LogP contribution in [0.15, 0.2) is 16.6 Å². The molecule has 0 heterocycles. The molecule has 0 atom stereocenters. The van der Waals surface area contributed by atoms with Crippen molar-refractivity contribution < 1.29 is 4.74 Å². The van der Waals surface area contributed by atoms with E-state index in [0.717, 1.165) is 18.1 Å². The second-order valence-corrected chi connectivity index (χ2v) is 4.99. The molecule has 0 aliphatic heterocycles. The summed E-state index contributed by atoms with van der Waals surface area (Å²) in [4.78, 5) is 0. The molecule has 1 aromatic rings. The zero-order valence-corrected chi connectivity index (χ0v) is 11.2. The molecule has 1 rings (SSSR count). The van der Waals surface area contributed by atoms with Crippen molar-refractivity contribution in [1.29, 1.82) is 0 Å². The minimum Gasteiger partial charge on any atom is -0.493 e. The first kappa shape index (κ1) is 11.9. The number of thioether (sulfide) groups is 1. The van der Waals surface area contributed by atoms with E-state index in [0.29, 0.717) is 0 Å². The van der Waals surface area contributed by atoms with Gasteiger partial charge in [0, 0.05) is 10.2 Å². The lowest BCUT2D eigenvalue weighted by Gasteiger charge is -2.09. The van der Waals surface area contributed by atoms with E-state index in [-0.39, 0.29) is 0 Å². The quantitative estimate of drug-likeness (QED) is 0.773. The van der Waals surface area contributed by atoms with Crippen molar-refractivity contribution >= 4 is 27.7 Å². The summed E-state index contributed by atoms with van der Waals surface area (Å²) in [5.74, 6) is 2.01. The van der Waals surface area contributed by atoms with E-state index < -0.39 is 0 Å². The van der Waals surface area contributed by atoms with Crippen molar-refractivity contribution in [2.24, 2.45) is 0 Å². The number of rotatable bonds is 4. The Hall–Kier alpha value is -0.150. The molecule has 0 bridgehead atoms. The fourth-order valence-corrected chi connectivity index (χ4v) is 1.71. The van der Waals surface area contributed by atoms with Gasteiger partial charge in [-0.25, -0.2) is 0 Å². The zero-order valence-electron chi connectivity index (χ0n) is 8.76. The van der Waals surface area contributed by atoms with Gasteiger partial charge in [0.05, 0.1) is 6.61 Å². The van der Waals surface area contributed by atoms with Crippen LogP contribution in [0.5, 0.6) is 5.75 Å². The molecule has 0 saturated heterocycles. The van der Waals surface area contributed by atoms with Gasteiger partial charge >= 0.3 is 0 Å². The van der Waals surface area contributed by atoms with Gasteiger partial charge < -0.3 is 4.74 Å². The van der Waals surface area contributed by atoms with Crippen LogP contribution < -0.4 is 4.74 Å². The minimum absolute atomic E-state index is 0.779. The fourth-order valence-electron chi connectivity index (χ4n) is 1.23. The smallest absolute Gasteiger partial charge is 0.119 e. The average molecular weight is 275 g/mol. The van der Waals surface area contributed by atoms with E-state index in [9.17, 15) is 0 Å². The molecule has 0 unspecified atom stereocenters. The van der Waals surface area contributed by atoms with E-state index in [1.54, 1.807) is 11.8 Å². The average Bonchev–Trinajstić information content (AvgIpc) is 2.14. The number of benzene rings is 1. The van der Waals surface area contributed by atoms with Crippen molar-refractivity contribution in [2.75, 3.05) is 18.6 Å². The van der Waals surface area contributed by atoms with Gasteiger partial charge in [-0.15, -0.1) is 0 Å². The highest BCUT2D eigenvalue weighted by Crippen LogP contribution is 2.26. The third-order valence-electron chi connectivity index (χ3n) is 1.97. The molecule has 0 radical (unpaired) electrons. The molecule has 0 N–H and O–H groups in total. The molecular weight excluding hydrogens is 260 g/mol. The lowest BCUT2D eigenvalue weighted by Crippen LogP contribution is -2.00. The normalized spacial score (nSPS) is 10.3. The Morgan fingerprint density at radius 2 is 1.86 bits per heavy atom. The zero-order chi connectivity index (χ0) is 10.6. The second-order valence-electron chi connectivity index (χ2n) is 3.21. The van der Waals surface area contributed by atoms with Gasteiger partial charge in [0.15, 0.2) is 0 Å². The van der Waals surface area contributed by atoms with Crippen LogP contribution in [0.1, 0.15) is 11.1 Å². The highest BCUT2D eigenvalue weighted by Gasteiger charge is 2.02. The minimum atomic E-state index is 0.779. The van der Waals surface area contributed by atoms with Crippen LogP contribution in [0.3, 0.4) is 0 Å². The van der Waals surface area contributed by atoms with E-state index in [1.165, 1.54) is 15.6 Å². The molecule has 0 aliphatic carbocycles. The molecule has 0 fully saturated rings. The van der Waals surface area contributed by atoms with Gasteiger partial charge in [0.25, 0.3) is 0 Å². The first-order chi connectivity index (χ1) is 6.65. The van der Waals surface area contributed by atoms with Crippen LogP contribution in [0.4, 0.5) is 0 Å². The second kappa shape index (κ2) is 5.66. The maximum atomic E-state index is 5.62. The van der Waals surface area contributed by atoms with Gasteiger partial charge in [-0.3, -0.25) is 0 Å². The maximum absolute atomic E-state index is 5.62. The SMILES string of the molecule is CSCCOc1cc(C)c(Br)c(C)c1. The Labute approximate surface area is 98.4 Å². The Balaban J connectivity index is 2.69. The Kier molecular flexibility index (Phi) is 4.82. The summed E-state index contributed by atoms with van der Waals surface area (Å²) >= 11 is 5.33. The Morgan fingerprint density at radius 1 is 1.29 bits per heavy atom. The van der Waals surface area contributed by atoms with Gasteiger partial charge in [-0.1, -0.05) is 15.9 Å². The standard InChI is InChI=1S/C11H15BrOS/c1-8-6-10(13-4-5-14-3)7-9(2)11(8)12/h6-7H,4-5H2,1-3H3. The van der Waals surface area contributed by atoms with Crippen LogP contribution in [0.25, 0.3) is 0 Å². The molecule has 0 amide bonds. The van der Waals surface area contributed by atoms with Crippen LogP contribution in [-0.2, 0) is 0 Å². The number of aryl methyl sites for hydroxylation is 2. The van der Waals surface area contributed by atoms with Gasteiger partial charge in [0.2, 0.25) is 0 Å². The summed E-state index contributed by atoms with van der Waals surface area (Å²) < 4.78 is 6.80. The first-order valence-electron chi connectivity index (χ1n) is 4.53. The highest BCUT2D eigenvalue weighted by molar-refractivity contribution is 9.10. The summed E-state index contributed by atoms with van der Waals surface area (Å²) in [6, 6.07) is 4.13. The summed E-state index contributed by atoms with van der Waals surface area (Å²) in [6.45, 7) is 4.94. The highest BCUT2D eigenvalue weighted by atomic mass is 79.9. The molecule has 0 saturated carbocycles. The van der Waals surface area contributed by atoms with Crippen molar-refractivity contribution in [2.45, 2.75) is 13.8 Å². The molecule has 0 aliphatic rings. The van der Waals surface area contributed by atoms with Crippen molar-refractivity contribution in [3.63, 3.8) is 0 Å². The van der Waals surface area contributed by atoms with Crippen molar-refractivity contribution in [3.05, 3.63) is 27.7 Å². The number of halogens is 1. The largest absolute Gasteiger partial charge is 0.493 e. The predicted octanol–water partition coefficient (Wildman–Crippen LogP) is 3.81. The third kappa shape index (κ3) is 3.21. The lowest BCUT2D eigenvalue weighted by molar-refractivity contribution is 0.343. The molecule has 0 aromatic heterocycles. The predicted molar refractivity (Wildman–Crippen MR) is 67.5 cm³/mol. The number of hydrogen-bond donors (Lipinski definition) is 0. The van der Waals surface area contributed by atoms with Gasteiger partial charge in [0.1, 0.15) is 5.75 Å². The summed E-state index contributed by atoms with van der Waals surface area (Å²) in [7, 11) is 0. The van der Waals surface area contributed by atoms with E-state index in [1.807, 2.05) is 0 Å². The van der Waals surface area contributed by atoms with Crippen molar-refractivity contribution in [1.82, 2.24) is 0 Å². The topological polar surface area (TPSA) is 9.23 Å². The first-order valence-corrected chi connectivity index (χ1v) is 6.72. The van der Waals surface area contributed by atoms with Gasteiger partial charge in [-0.05, 0) is 43.4 Å². The van der Waals surface area contributed by atoms with Crippen LogP contribution in [-0.4, -0.2) is 18.6 Å². The summed E-state index contributed by atoms with van der Waals surface area (Å²) in [5, 5.41) is 0. The summed E-state index contributed by atoms with van der Waals surface area (Å²) in [5.41, 5.74) is 2.45. The Bertz CT molecular complexity index is 289. The molecule has 0 spiro atoms. The molecule has 78 valence electrons. The van der Waals surface area contributed by atoms with E-state index in [2.05, 4.69) is 48.2 Å². The molecule has 14 heavy (non-hydrogen) atoms. The number of hydrogen-bond acceptors (Lipinski definition) is 2. The molecule has 1 aromatic carbocycles. The van der Waals surface area contributed by atoms with Gasteiger partial charge in [-0.2, -0.15) is 11.8 Å². The summed E-state index contributed by atoms with van der Waals surface area (Å²) in [6.07, 6.45) is 2.08. The maximum Gasteiger partial charge on any atom is 0.119 e. The van der Waals surface area contributed by atoms with Crippen molar-refractivity contribution in [3.8, 4) is 5.75 Å². The molecular formula is C11H15BrOS. The van der Waals surface area contributed by atoms with E-state index in [4.69, 9.17) is 4.74 Å². The Morgan fingerprint density at radius 3 is 2.36 bits per heavy atom. The number of ether oxygens (including phenoxy) is 1. The fraction of sp³-hybridized carbons (Fsp3) is 0.455. The van der Waals surface area contributed by atoms with Crippen LogP contribution in [0.2, 0.25) is 0 Å². The van der Waals surface area contributed by atoms with Crippen LogP contribution in [0, 0.1) is 13.8 Å². The monoisotopic (exact) mass is 274 g/mol. The third-order valence-corrected chi connectivity index (χ3v) is 3.79.